The van der Waals surface area contributed by atoms with Crippen molar-refractivity contribution >= 4 is 23.2 Å². The molecule has 3 nitrogen and oxygen atoms in total. The summed E-state index contributed by atoms with van der Waals surface area (Å²) in [5, 5.41) is 8.26. The van der Waals surface area contributed by atoms with Gasteiger partial charge in [-0.3, -0.25) is 0 Å². The first-order chi connectivity index (χ1) is 9.02. The number of benzene rings is 1. The lowest BCUT2D eigenvalue weighted by molar-refractivity contribution is 0.515. The molecule has 0 fully saturated rings. The van der Waals surface area contributed by atoms with Crippen LogP contribution in [0.1, 0.15) is 19.7 Å². The van der Waals surface area contributed by atoms with Crippen molar-refractivity contribution in [3.8, 4) is 11.4 Å². The second-order valence-corrected chi connectivity index (χ2v) is 5.38. The van der Waals surface area contributed by atoms with Gasteiger partial charge in [-0.1, -0.05) is 25.4 Å². The van der Waals surface area contributed by atoms with E-state index < -0.39 is 5.82 Å². The maximum Gasteiger partial charge on any atom is 0.164 e. The molecule has 0 saturated heterocycles. The minimum absolute atomic E-state index is 0.0732. The molecule has 0 amide bonds. The van der Waals surface area contributed by atoms with Gasteiger partial charge < -0.3 is 4.57 Å². The van der Waals surface area contributed by atoms with Crippen molar-refractivity contribution < 1.29 is 4.39 Å². The smallest absolute Gasteiger partial charge is 0.164 e. The first kappa shape index (κ1) is 14.3. The van der Waals surface area contributed by atoms with Crippen LogP contribution in [0.25, 0.3) is 11.4 Å². The van der Waals surface area contributed by atoms with Crippen LogP contribution in [0.5, 0.6) is 0 Å². The lowest BCUT2D eigenvalue weighted by Gasteiger charge is -2.12. The predicted molar refractivity (Wildman–Crippen MR) is 74.8 cm³/mol. The van der Waals surface area contributed by atoms with E-state index in [1.165, 1.54) is 6.07 Å². The van der Waals surface area contributed by atoms with Crippen molar-refractivity contribution in [2.24, 2.45) is 5.92 Å². The highest BCUT2D eigenvalue weighted by Crippen LogP contribution is 2.25. The van der Waals surface area contributed by atoms with Crippen LogP contribution in [0, 0.1) is 11.7 Å². The van der Waals surface area contributed by atoms with Gasteiger partial charge in [0.1, 0.15) is 11.6 Å². The average molecular weight is 302 g/mol. The van der Waals surface area contributed by atoms with Crippen LogP contribution in [0.2, 0.25) is 5.02 Å². The number of alkyl halides is 1. The van der Waals surface area contributed by atoms with Gasteiger partial charge in [-0.15, -0.1) is 21.8 Å². The maximum atomic E-state index is 13.2. The molecule has 1 aromatic carbocycles. The van der Waals surface area contributed by atoms with Crippen molar-refractivity contribution in [3.63, 3.8) is 0 Å². The molecule has 0 radical (unpaired) electrons. The quantitative estimate of drug-likeness (QED) is 0.795. The zero-order chi connectivity index (χ0) is 14.0. The van der Waals surface area contributed by atoms with Crippen molar-refractivity contribution in [3.05, 3.63) is 34.9 Å². The van der Waals surface area contributed by atoms with E-state index in [1.54, 1.807) is 12.1 Å². The van der Waals surface area contributed by atoms with Crippen LogP contribution in [0.3, 0.4) is 0 Å². The summed E-state index contributed by atoms with van der Waals surface area (Å²) in [4.78, 5) is 0. The SMILES string of the molecule is CC(C)Cn1c(CCl)nnc1-c1ccc(F)c(Cl)c1. The first-order valence-electron chi connectivity index (χ1n) is 5.96. The van der Waals surface area contributed by atoms with Gasteiger partial charge in [-0.2, -0.15) is 0 Å². The van der Waals surface area contributed by atoms with E-state index in [1.807, 2.05) is 4.57 Å². The van der Waals surface area contributed by atoms with Gasteiger partial charge in [0.2, 0.25) is 0 Å². The third kappa shape index (κ3) is 3.07. The second-order valence-electron chi connectivity index (χ2n) is 4.71. The fourth-order valence-corrected chi connectivity index (χ4v) is 2.22. The zero-order valence-electron chi connectivity index (χ0n) is 10.7. The van der Waals surface area contributed by atoms with Gasteiger partial charge in [0, 0.05) is 12.1 Å². The van der Waals surface area contributed by atoms with E-state index in [0.29, 0.717) is 17.6 Å². The molecule has 102 valence electrons. The Hall–Kier alpha value is -1.13. The zero-order valence-corrected chi connectivity index (χ0v) is 12.2. The Morgan fingerprint density at radius 3 is 2.63 bits per heavy atom. The highest BCUT2D eigenvalue weighted by molar-refractivity contribution is 6.31. The average Bonchev–Trinajstić information content (AvgIpc) is 2.75. The number of hydrogen-bond donors (Lipinski definition) is 0. The van der Waals surface area contributed by atoms with Gasteiger partial charge in [-0.25, -0.2) is 4.39 Å². The molecule has 0 aliphatic heterocycles. The van der Waals surface area contributed by atoms with E-state index in [4.69, 9.17) is 23.2 Å². The van der Waals surface area contributed by atoms with Crippen molar-refractivity contribution in [1.29, 1.82) is 0 Å². The molecule has 2 rings (SSSR count). The molecule has 0 aliphatic carbocycles. The molecule has 0 aliphatic rings. The van der Waals surface area contributed by atoms with E-state index in [9.17, 15) is 4.39 Å². The molecule has 0 unspecified atom stereocenters. The van der Waals surface area contributed by atoms with Gasteiger partial charge in [0.25, 0.3) is 0 Å². The highest BCUT2D eigenvalue weighted by Gasteiger charge is 2.15. The molecule has 0 saturated carbocycles. The summed E-state index contributed by atoms with van der Waals surface area (Å²) in [6, 6.07) is 4.52. The van der Waals surface area contributed by atoms with Gasteiger partial charge in [0.05, 0.1) is 10.9 Å². The van der Waals surface area contributed by atoms with Crippen LogP contribution in [-0.2, 0) is 12.4 Å². The minimum Gasteiger partial charge on any atom is -0.310 e. The summed E-state index contributed by atoms with van der Waals surface area (Å²) >= 11 is 11.7. The van der Waals surface area contributed by atoms with Gasteiger partial charge >= 0.3 is 0 Å². The maximum absolute atomic E-state index is 13.2. The first-order valence-corrected chi connectivity index (χ1v) is 6.87. The number of nitrogens with zero attached hydrogens (tertiary/aromatic N) is 3. The molecule has 0 atom stereocenters. The Morgan fingerprint density at radius 1 is 1.32 bits per heavy atom. The Balaban J connectivity index is 2.48. The normalized spacial score (nSPS) is 11.3. The Bertz CT molecular complexity index is 581. The molecular weight excluding hydrogens is 288 g/mol. The molecular formula is C13H14Cl2FN3. The fraction of sp³-hybridized carbons (Fsp3) is 0.385. The summed E-state index contributed by atoms with van der Waals surface area (Å²) in [6.07, 6.45) is 0. The molecule has 19 heavy (non-hydrogen) atoms. The lowest BCUT2D eigenvalue weighted by Crippen LogP contribution is -2.09. The fourth-order valence-electron chi connectivity index (χ4n) is 1.84. The molecule has 0 spiro atoms. The molecule has 6 heteroatoms. The summed E-state index contributed by atoms with van der Waals surface area (Å²) in [5.74, 6) is 1.62. The summed E-state index contributed by atoms with van der Waals surface area (Å²) in [7, 11) is 0. The van der Waals surface area contributed by atoms with E-state index in [0.717, 1.165) is 12.1 Å². The molecule has 2 aromatic rings. The number of aromatic nitrogens is 3. The van der Waals surface area contributed by atoms with Crippen LogP contribution < -0.4 is 0 Å². The number of hydrogen-bond acceptors (Lipinski definition) is 2. The van der Waals surface area contributed by atoms with E-state index in [-0.39, 0.29) is 10.9 Å². The van der Waals surface area contributed by atoms with Gasteiger partial charge in [0.15, 0.2) is 5.82 Å². The minimum atomic E-state index is -0.446. The standard InChI is InChI=1S/C13H14Cl2FN3/c1-8(2)7-19-12(6-14)17-18-13(19)9-3-4-11(16)10(15)5-9/h3-5,8H,6-7H2,1-2H3. The Kier molecular flexibility index (Phi) is 4.42. The van der Waals surface area contributed by atoms with Crippen LogP contribution >= 0.6 is 23.2 Å². The monoisotopic (exact) mass is 301 g/mol. The lowest BCUT2D eigenvalue weighted by atomic mass is 10.2. The number of halogens is 3. The second kappa shape index (κ2) is 5.88. The highest BCUT2D eigenvalue weighted by atomic mass is 35.5. The third-order valence-corrected chi connectivity index (χ3v) is 3.20. The van der Waals surface area contributed by atoms with Crippen molar-refractivity contribution in [1.82, 2.24) is 14.8 Å². The third-order valence-electron chi connectivity index (χ3n) is 2.67. The summed E-state index contributed by atoms with van der Waals surface area (Å²) in [5.41, 5.74) is 0.732. The predicted octanol–water partition coefficient (Wildman–Crippen LogP) is 4.13. The van der Waals surface area contributed by atoms with Gasteiger partial charge in [-0.05, 0) is 24.1 Å². The molecule has 1 aromatic heterocycles. The summed E-state index contributed by atoms with van der Waals surface area (Å²) < 4.78 is 15.1. The van der Waals surface area contributed by atoms with Crippen LogP contribution in [0.15, 0.2) is 18.2 Å². The van der Waals surface area contributed by atoms with E-state index >= 15 is 0 Å². The largest absolute Gasteiger partial charge is 0.310 e. The topological polar surface area (TPSA) is 30.7 Å². The van der Waals surface area contributed by atoms with E-state index in [2.05, 4.69) is 24.0 Å². The Labute approximate surface area is 121 Å². The van der Waals surface area contributed by atoms with Crippen LogP contribution in [0.4, 0.5) is 4.39 Å². The summed E-state index contributed by atoms with van der Waals surface area (Å²) in [6.45, 7) is 4.94. The Morgan fingerprint density at radius 2 is 2.05 bits per heavy atom. The molecule has 1 heterocycles. The van der Waals surface area contributed by atoms with Crippen molar-refractivity contribution in [2.45, 2.75) is 26.3 Å². The number of rotatable bonds is 4. The molecule has 0 bridgehead atoms. The van der Waals surface area contributed by atoms with Crippen LogP contribution in [-0.4, -0.2) is 14.8 Å². The molecule has 0 N–H and O–H groups in total. The van der Waals surface area contributed by atoms with Crippen molar-refractivity contribution in [2.75, 3.05) is 0 Å².